The first-order chi connectivity index (χ1) is 14.4. The van der Waals surface area contributed by atoms with Crippen molar-refractivity contribution >= 4 is 23.2 Å². The number of aryl methyl sites for hydroxylation is 1. The monoisotopic (exact) mass is 429 g/mol. The fourth-order valence-corrected chi connectivity index (χ4v) is 4.91. The van der Waals surface area contributed by atoms with Gasteiger partial charge < -0.3 is 19.6 Å². The Labute approximate surface area is 183 Å². The number of anilines is 1. The van der Waals surface area contributed by atoms with E-state index in [-0.39, 0.29) is 12.5 Å². The standard InChI is InChI=1S/C24H29ClN2O3/c1-27(11-9-18(10-12-27)17-5-3-2-4-6-17)15-20(28)16-30-23-14-22-19(13-21(23)25)7-8-24(29)26-22/h2-6,13-14,18,20,28H,7-12,15-16H2,1H3/p+1. The fourth-order valence-electron chi connectivity index (χ4n) is 4.67. The molecule has 2 aliphatic rings. The number of likely N-dealkylation sites (N-methyl/N-ethyl adjacent to an activating group) is 1. The second-order valence-electron chi connectivity index (χ2n) is 8.89. The first kappa shape index (κ1) is 21.2. The summed E-state index contributed by atoms with van der Waals surface area (Å²) in [6, 6.07) is 14.3. The minimum absolute atomic E-state index is 0.00661. The third kappa shape index (κ3) is 4.97. The molecule has 6 heteroatoms. The second-order valence-corrected chi connectivity index (χ2v) is 9.29. The van der Waals surface area contributed by atoms with Crippen molar-refractivity contribution < 1.29 is 19.1 Å². The Morgan fingerprint density at radius 3 is 2.67 bits per heavy atom. The number of aliphatic hydroxyl groups is 1. The summed E-state index contributed by atoms with van der Waals surface area (Å²) in [6.07, 6.45) is 2.84. The molecule has 0 spiro atoms. The lowest BCUT2D eigenvalue weighted by molar-refractivity contribution is -0.917. The van der Waals surface area contributed by atoms with E-state index in [4.69, 9.17) is 16.3 Å². The van der Waals surface area contributed by atoms with Crippen LogP contribution in [0.3, 0.4) is 0 Å². The molecule has 5 nitrogen and oxygen atoms in total. The Bertz CT molecular complexity index is 895. The van der Waals surface area contributed by atoms with Gasteiger partial charge in [-0.2, -0.15) is 0 Å². The number of fused-ring (bicyclic) bond motifs is 1. The van der Waals surface area contributed by atoms with Gasteiger partial charge in [-0.1, -0.05) is 41.9 Å². The number of halogens is 1. The van der Waals surface area contributed by atoms with Gasteiger partial charge >= 0.3 is 0 Å². The average molecular weight is 430 g/mol. The van der Waals surface area contributed by atoms with Crippen LogP contribution in [0.15, 0.2) is 42.5 Å². The Morgan fingerprint density at radius 1 is 1.20 bits per heavy atom. The van der Waals surface area contributed by atoms with Gasteiger partial charge in [0.2, 0.25) is 5.91 Å². The van der Waals surface area contributed by atoms with E-state index in [2.05, 4.69) is 42.7 Å². The Hall–Kier alpha value is -2.08. The molecule has 2 aromatic carbocycles. The number of rotatable bonds is 6. The van der Waals surface area contributed by atoms with Crippen LogP contribution in [0.5, 0.6) is 5.75 Å². The van der Waals surface area contributed by atoms with Crippen LogP contribution in [0, 0.1) is 0 Å². The number of likely N-dealkylation sites (tertiary alicyclic amines) is 1. The summed E-state index contributed by atoms with van der Waals surface area (Å²) in [6.45, 7) is 2.92. The van der Waals surface area contributed by atoms with Crippen molar-refractivity contribution in [3.05, 3.63) is 58.6 Å². The van der Waals surface area contributed by atoms with E-state index in [0.717, 1.165) is 41.7 Å². The maximum atomic E-state index is 11.6. The second kappa shape index (κ2) is 8.96. The summed E-state index contributed by atoms with van der Waals surface area (Å²) in [5.74, 6) is 1.12. The van der Waals surface area contributed by atoms with E-state index in [9.17, 15) is 9.90 Å². The lowest BCUT2D eigenvalue weighted by Crippen LogP contribution is -2.54. The molecule has 0 bridgehead atoms. The molecule has 30 heavy (non-hydrogen) atoms. The molecule has 1 atom stereocenters. The third-order valence-electron chi connectivity index (χ3n) is 6.44. The van der Waals surface area contributed by atoms with Crippen LogP contribution in [-0.4, -0.2) is 54.9 Å². The fraction of sp³-hybridized carbons (Fsp3) is 0.458. The van der Waals surface area contributed by atoms with Crippen LogP contribution in [0.25, 0.3) is 0 Å². The summed E-state index contributed by atoms with van der Waals surface area (Å²) in [5.41, 5.74) is 3.19. The lowest BCUT2D eigenvalue weighted by atomic mass is 9.88. The van der Waals surface area contributed by atoms with Crippen LogP contribution in [0.2, 0.25) is 5.02 Å². The highest BCUT2D eigenvalue weighted by Crippen LogP contribution is 2.34. The number of ether oxygens (including phenoxy) is 1. The van der Waals surface area contributed by atoms with Crippen LogP contribution >= 0.6 is 11.6 Å². The van der Waals surface area contributed by atoms with Gasteiger partial charge in [-0.3, -0.25) is 4.79 Å². The largest absolute Gasteiger partial charge is 0.489 e. The van der Waals surface area contributed by atoms with Gasteiger partial charge in [-0.05, 0) is 29.5 Å². The van der Waals surface area contributed by atoms with Crippen molar-refractivity contribution in [1.29, 1.82) is 0 Å². The van der Waals surface area contributed by atoms with Crippen molar-refractivity contribution in [3.63, 3.8) is 0 Å². The number of benzene rings is 2. The molecular formula is C24H30ClN2O3+. The molecule has 2 aliphatic heterocycles. The number of hydrogen-bond donors (Lipinski definition) is 2. The highest BCUT2D eigenvalue weighted by atomic mass is 35.5. The lowest BCUT2D eigenvalue weighted by Gasteiger charge is -2.41. The molecule has 1 amide bonds. The summed E-state index contributed by atoms with van der Waals surface area (Å²) in [7, 11) is 2.21. The van der Waals surface area contributed by atoms with Crippen LogP contribution in [0.4, 0.5) is 5.69 Å². The van der Waals surface area contributed by atoms with Crippen LogP contribution < -0.4 is 10.1 Å². The summed E-state index contributed by atoms with van der Waals surface area (Å²) < 4.78 is 6.68. The molecule has 2 heterocycles. The summed E-state index contributed by atoms with van der Waals surface area (Å²) >= 11 is 6.35. The van der Waals surface area contributed by atoms with Crippen molar-refractivity contribution in [2.45, 2.75) is 37.7 Å². The van der Waals surface area contributed by atoms with Crippen LogP contribution in [0.1, 0.15) is 36.3 Å². The number of carbonyl (C=O) groups excluding carboxylic acids is 1. The smallest absolute Gasteiger partial charge is 0.224 e. The average Bonchev–Trinajstić information content (AvgIpc) is 2.73. The van der Waals surface area contributed by atoms with Crippen molar-refractivity contribution in [2.75, 3.05) is 38.6 Å². The molecule has 160 valence electrons. The van der Waals surface area contributed by atoms with E-state index in [1.54, 1.807) is 6.07 Å². The predicted molar refractivity (Wildman–Crippen MR) is 119 cm³/mol. The van der Waals surface area contributed by atoms with E-state index in [1.165, 1.54) is 5.56 Å². The molecule has 1 unspecified atom stereocenters. The summed E-state index contributed by atoms with van der Waals surface area (Å²) in [4.78, 5) is 11.6. The van der Waals surface area contributed by atoms with E-state index < -0.39 is 6.10 Å². The van der Waals surface area contributed by atoms with Crippen molar-refractivity contribution in [2.24, 2.45) is 0 Å². The number of carbonyl (C=O) groups is 1. The van der Waals surface area contributed by atoms with Gasteiger partial charge in [0, 0.05) is 31.0 Å². The van der Waals surface area contributed by atoms with Crippen molar-refractivity contribution in [1.82, 2.24) is 0 Å². The molecular weight excluding hydrogens is 400 g/mol. The molecule has 0 saturated carbocycles. The molecule has 0 radical (unpaired) electrons. The van der Waals surface area contributed by atoms with Gasteiger partial charge in [-0.15, -0.1) is 0 Å². The van der Waals surface area contributed by atoms with Gasteiger partial charge in [0.05, 0.1) is 25.2 Å². The third-order valence-corrected chi connectivity index (χ3v) is 6.74. The maximum absolute atomic E-state index is 11.6. The minimum atomic E-state index is -0.579. The molecule has 1 saturated heterocycles. The van der Waals surface area contributed by atoms with Gasteiger partial charge in [0.25, 0.3) is 0 Å². The van der Waals surface area contributed by atoms with E-state index >= 15 is 0 Å². The number of hydrogen-bond acceptors (Lipinski definition) is 3. The normalized spacial score (nSPS) is 24.6. The topological polar surface area (TPSA) is 58.6 Å². The maximum Gasteiger partial charge on any atom is 0.224 e. The van der Waals surface area contributed by atoms with Gasteiger partial charge in [0.1, 0.15) is 25.0 Å². The number of aliphatic hydroxyl groups excluding tert-OH is 1. The number of nitrogens with one attached hydrogen (secondary N) is 1. The molecule has 2 N–H and O–H groups in total. The van der Waals surface area contributed by atoms with E-state index in [0.29, 0.717) is 36.1 Å². The van der Waals surface area contributed by atoms with Crippen LogP contribution in [-0.2, 0) is 11.2 Å². The quantitative estimate of drug-likeness (QED) is 0.682. The zero-order valence-corrected chi connectivity index (χ0v) is 18.2. The first-order valence-electron chi connectivity index (χ1n) is 10.7. The zero-order chi connectivity index (χ0) is 21.1. The Balaban J connectivity index is 1.30. The van der Waals surface area contributed by atoms with Gasteiger partial charge in [-0.25, -0.2) is 0 Å². The molecule has 0 aromatic heterocycles. The number of nitrogens with zero attached hydrogens (tertiary/aromatic N) is 1. The predicted octanol–water partition coefficient (Wildman–Crippen LogP) is 3.99. The number of quaternary nitrogens is 1. The van der Waals surface area contributed by atoms with E-state index in [1.807, 2.05) is 6.07 Å². The highest BCUT2D eigenvalue weighted by Gasteiger charge is 2.32. The molecule has 4 rings (SSSR count). The summed E-state index contributed by atoms with van der Waals surface area (Å²) in [5, 5.41) is 14.0. The number of amides is 1. The Morgan fingerprint density at radius 2 is 1.93 bits per heavy atom. The van der Waals surface area contributed by atoms with Crippen molar-refractivity contribution in [3.8, 4) is 5.75 Å². The Kier molecular flexibility index (Phi) is 6.32. The molecule has 0 aliphatic carbocycles. The molecule has 2 aromatic rings. The van der Waals surface area contributed by atoms with Gasteiger partial charge in [0.15, 0.2) is 0 Å². The molecule has 1 fully saturated rings. The minimum Gasteiger partial charge on any atom is -0.489 e. The highest BCUT2D eigenvalue weighted by molar-refractivity contribution is 6.32. The number of piperidine rings is 1. The first-order valence-corrected chi connectivity index (χ1v) is 11.1. The SMILES string of the molecule is C[N+]1(CC(O)COc2cc3c(cc2Cl)CCC(=O)N3)CCC(c2ccccc2)CC1. The zero-order valence-electron chi connectivity index (χ0n) is 17.4.